The summed E-state index contributed by atoms with van der Waals surface area (Å²) in [5.74, 6) is 0. The van der Waals surface area contributed by atoms with Gasteiger partial charge in [0, 0.05) is 0 Å². The maximum atomic E-state index is 9.80. The summed E-state index contributed by atoms with van der Waals surface area (Å²) >= 11 is 0. The van der Waals surface area contributed by atoms with Gasteiger partial charge in [-0.05, 0) is 0 Å². The minimum absolute atomic E-state index is 0. The Bertz CT molecular complexity index is 49.7. The van der Waals surface area contributed by atoms with Crippen molar-refractivity contribution in [1.82, 2.24) is 0 Å². The molecule has 0 fully saturated rings. The minimum atomic E-state index is 0. The first-order chi connectivity index (χ1) is 3.41. The molecule has 0 aliphatic heterocycles. The molecule has 0 saturated heterocycles. The molecule has 0 saturated carbocycles. The first-order valence-electron chi connectivity index (χ1n) is 3.00. The van der Waals surface area contributed by atoms with Crippen molar-refractivity contribution in [2.45, 2.75) is 32.5 Å². The minimum Gasteiger partial charge on any atom is -0.641 e. The summed E-state index contributed by atoms with van der Waals surface area (Å²) in [6.45, 7) is 2.14. The molecule has 0 spiro atoms. The molecule has 0 bridgehead atoms. The van der Waals surface area contributed by atoms with E-state index in [-0.39, 0.29) is 36.7 Å². The van der Waals surface area contributed by atoms with Crippen LogP contribution in [0, 0.1) is 0 Å². The molecule has 0 aromatic carbocycles. The molecule has 0 radical (unpaired) electrons. The SMILES string of the molecule is CCCCC[BH-]=O.[Na+]. The van der Waals surface area contributed by atoms with Crippen LogP contribution in [0.5, 0.6) is 0 Å². The molecule has 8 heavy (non-hydrogen) atoms. The fraction of sp³-hybridized carbons (Fsp3) is 1.00. The average Bonchev–Trinajstić information content (AvgIpc) is 1.69. The standard InChI is InChI=1S/C5H12BO.Na/c1-2-3-4-5-6-7;/h6H,2-5H2,1H3;/q-1;+1. The van der Waals surface area contributed by atoms with E-state index in [0.29, 0.717) is 0 Å². The van der Waals surface area contributed by atoms with Crippen LogP contribution in [0.15, 0.2) is 0 Å². The van der Waals surface area contributed by atoms with Gasteiger partial charge < -0.3 is 4.70 Å². The van der Waals surface area contributed by atoms with Crippen LogP contribution < -0.4 is 29.6 Å². The Labute approximate surface area is 73.8 Å². The van der Waals surface area contributed by atoms with Gasteiger partial charge in [0.15, 0.2) is 0 Å². The molecular formula is C5H12BNaO. The van der Waals surface area contributed by atoms with Crippen LogP contribution in [0.4, 0.5) is 0 Å². The van der Waals surface area contributed by atoms with Gasteiger partial charge in [-0.3, -0.25) is 0 Å². The van der Waals surface area contributed by atoms with Crippen molar-refractivity contribution in [1.29, 1.82) is 0 Å². The molecule has 0 rings (SSSR count). The summed E-state index contributed by atoms with van der Waals surface area (Å²) < 4.78 is 9.80. The molecule has 0 aromatic heterocycles. The second kappa shape index (κ2) is 10.8. The second-order valence-electron chi connectivity index (χ2n) is 1.76. The topological polar surface area (TPSA) is 17.1 Å². The first kappa shape index (κ1) is 11.6. The third-order valence-corrected chi connectivity index (χ3v) is 0.998. The number of hydrogen-bond acceptors (Lipinski definition) is 1. The molecule has 0 atom stereocenters. The van der Waals surface area contributed by atoms with Gasteiger partial charge >= 0.3 is 29.6 Å². The van der Waals surface area contributed by atoms with E-state index in [2.05, 4.69) is 6.92 Å². The molecule has 0 heterocycles. The van der Waals surface area contributed by atoms with Gasteiger partial charge in [0.1, 0.15) is 0 Å². The van der Waals surface area contributed by atoms with Gasteiger partial charge in [-0.15, -0.1) is 0 Å². The molecule has 42 valence electrons. The Hall–Kier alpha value is 0.865. The molecule has 0 N–H and O–H groups in total. The quantitative estimate of drug-likeness (QED) is 0.323. The molecule has 0 aromatic rings. The Morgan fingerprint density at radius 3 is 2.38 bits per heavy atom. The van der Waals surface area contributed by atoms with E-state index < -0.39 is 0 Å². The van der Waals surface area contributed by atoms with E-state index >= 15 is 0 Å². The van der Waals surface area contributed by atoms with Gasteiger partial charge in [0.05, 0.1) is 7.15 Å². The van der Waals surface area contributed by atoms with Crippen molar-refractivity contribution in [3.05, 3.63) is 0 Å². The molecule has 1 nitrogen and oxygen atoms in total. The van der Waals surface area contributed by atoms with E-state index in [9.17, 15) is 4.70 Å². The normalized spacial score (nSPS) is 7.62. The summed E-state index contributed by atoms with van der Waals surface area (Å²) in [5.41, 5.74) is 0. The van der Waals surface area contributed by atoms with E-state index in [4.69, 9.17) is 0 Å². The van der Waals surface area contributed by atoms with Gasteiger partial charge in [-0.2, -0.15) is 6.32 Å². The van der Waals surface area contributed by atoms with Gasteiger partial charge in [-0.25, -0.2) is 0 Å². The van der Waals surface area contributed by atoms with Crippen molar-refractivity contribution < 1.29 is 34.3 Å². The van der Waals surface area contributed by atoms with Crippen LogP contribution in [0.3, 0.4) is 0 Å². The molecular weight excluding hydrogens is 110 g/mol. The Morgan fingerprint density at radius 1 is 1.38 bits per heavy atom. The fourth-order valence-electron chi connectivity index (χ4n) is 0.529. The number of rotatable bonds is 4. The summed E-state index contributed by atoms with van der Waals surface area (Å²) in [6, 6.07) is 0. The van der Waals surface area contributed by atoms with Gasteiger partial charge in [0.25, 0.3) is 0 Å². The van der Waals surface area contributed by atoms with Crippen molar-refractivity contribution in [3.8, 4) is 0 Å². The fourth-order valence-corrected chi connectivity index (χ4v) is 0.529. The predicted octanol–water partition coefficient (Wildman–Crippen LogP) is -1.62. The van der Waals surface area contributed by atoms with E-state index in [1.54, 1.807) is 0 Å². The molecule has 0 amide bonds. The Kier molecular flexibility index (Phi) is 15.7. The van der Waals surface area contributed by atoms with E-state index in [1.807, 2.05) is 0 Å². The first-order valence-corrected chi connectivity index (χ1v) is 3.00. The second-order valence-corrected chi connectivity index (χ2v) is 1.76. The largest absolute Gasteiger partial charge is 1.00 e. The Balaban J connectivity index is 0. The van der Waals surface area contributed by atoms with Crippen LogP contribution in [0.25, 0.3) is 0 Å². The van der Waals surface area contributed by atoms with Crippen LogP contribution in [-0.2, 0) is 4.70 Å². The molecule has 0 aliphatic carbocycles. The third-order valence-electron chi connectivity index (χ3n) is 0.998. The summed E-state index contributed by atoms with van der Waals surface area (Å²) in [6.07, 6.45) is 4.44. The average molecular weight is 122 g/mol. The van der Waals surface area contributed by atoms with Crippen LogP contribution >= 0.6 is 0 Å². The molecule has 0 unspecified atom stereocenters. The number of unbranched alkanes of at least 4 members (excludes halogenated alkanes) is 2. The molecule has 3 heteroatoms. The zero-order chi connectivity index (χ0) is 5.54. The smallest absolute Gasteiger partial charge is 0.641 e. The van der Waals surface area contributed by atoms with Crippen molar-refractivity contribution in [2.75, 3.05) is 0 Å². The van der Waals surface area contributed by atoms with Gasteiger partial charge in [0.2, 0.25) is 0 Å². The van der Waals surface area contributed by atoms with E-state index in [1.165, 1.54) is 12.8 Å². The zero-order valence-electron chi connectivity index (χ0n) is 5.94. The predicted molar refractivity (Wildman–Crippen MR) is 32.2 cm³/mol. The summed E-state index contributed by atoms with van der Waals surface area (Å²) in [5, 5.41) is 0. The van der Waals surface area contributed by atoms with Crippen molar-refractivity contribution in [2.24, 2.45) is 0 Å². The van der Waals surface area contributed by atoms with Crippen molar-refractivity contribution >= 4 is 7.15 Å². The molecule has 0 aliphatic rings. The third kappa shape index (κ3) is 9.98. The summed E-state index contributed by atoms with van der Waals surface area (Å²) in [4.78, 5) is 0. The van der Waals surface area contributed by atoms with E-state index in [0.717, 1.165) is 12.7 Å². The van der Waals surface area contributed by atoms with Crippen LogP contribution in [0.2, 0.25) is 6.32 Å². The van der Waals surface area contributed by atoms with Crippen LogP contribution in [-0.4, -0.2) is 7.15 Å². The number of hydrogen-bond donors (Lipinski definition) is 0. The maximum Gasteiger partial charge on any atom is 1.00 e. The zero-order valence-corrected chi connectivity index (χ0v) is 7.94. The monoisotopic (exact) mass is 122 g/mol. The van der Waals surface area contributed by atoms with Gasteiger partial charge in [-0.1, -0.05) is 26.2 Å². The van der Waals surface area contributed by atoms with Crippen molar-refractivity contribution in [3.63, 3.8) is 0 Å². The summed E-state index contributed by atoms with van der Waals surface area (Å²) in [7, 11) is 0.111. The van der Waals surface area contributed by atoms with Crippen LogP contribution in [0.1, 0.15) is 26.2 Å². The maximum absolute atomic E-state index is 9.80. The Morgan fingerprint density at radius 2 is 2.00 bits per heavy atom.